The van der Waals surface area contributed by atoms with Crippen LogP contribution in [0.5, 0.6) is 0 Å². The molecule has 0 saturated heterocycles. The van der Waals surface area contributed by atoms with E-state index in [0.29, 0.717) is 12.4 Å². The summed E-state index contributed by atoms with van der Waals surface area (Å²) in [5, 5.41) is 5.33. The van der Waals surface area contributed by atoms with Crippen molar-refractivity contribution in [3.63, 3.8) is 0 Å². The monoisotopic (exact) mass is 471 g/mol. The Bertz CT molecular complexity index is 1420. The molecular formula is C27H29N5O3. The molecule has 0 spiro atoms. The van der Waals surface area contributed by atoms with Crippen molar-refractivity contribution < 1.29 is 9.59 Å². The van der Waals surface area contributed by atoms with E-state index < -0.39 is 23.3 Å². The Kier molecular flexibility index (Phi) is 7.10. The van der Waals surface area contributed by atoms with Gasteiger partial charge in [0.05, 0.1) is 17.1 Å². The number of aromatic amines is 1. The second-order valence-electron chi connectivity index (χ2n) is 8.66. The van der Waals surface area contributed by atoms with Gasteiger partial charge in [0, 0.05) is 26.0 Å². The van der Waals surface area contributed by atoms with Crippen molar-refractivity contribution in [2.45, 2.75) is 39.3 Å². The summed E-state index contributed by atoms with van der Waals surface area (Å²) in [5.41, 5.74) is 3.23. The van der Waals surface area contributed by atoms with E-state index in [1.54, 1.807) is 11.5 Å². The number of benzene rings is 2. The zero-order valence-electron chi connectivity index (χ0n) is 20.1. The summed E-state index contributed by atoms with van der Waals surface area (Å²) >= 11 is 0. The lowest BCUT2D eigenvalue weighted by molar-refractivity contribution is 0.0936. The number of imidazole rings is 1. The van der Waals surface area contributed by atoms with Crippen molar-refractivity contribution in [2.24, 2.45) is 0 Å². The Morgan fingerprint density at radius 2 is 1.77 bits per heavy atom. The Hall–Kier alpha value is -4.20. The molecule has 180 valence electrons. The molecule has 2 aromatic heterocycles. The van der Waals surface area contributed by atoms with E-state index >= 15 is 0 Å². The molecule has 8 nitrogen and oxygen atoms in total. The predicted molar refractivity (Wildman–Crippen MR) is 136 cm³/mol. The molecule has 0 bridgehead atoms. The zero-order chi connectivity index (χ0) is 24.9. The molecule has 2 heterocycles. The first-order chi connectivity index (χ1) is 16.9. The molecular weight excluding hydrogens is 442 g/mol. The smallest absolute Gasteiger partial charge is 0.257 e. The van der Waals surface area contributed by atoms with Crippen LogP contribution >= 0.6 is 0 Å². The second-order valence-corrected chi connectivity index (χ2v) is 8.66. The largest absolute Gasteiger partial charge is 0.355 e. The van der Waals surface area contributed by atoms with Gasteiger partial charge >= 0.3 is 0 Å². The summed E-state index contributed by atoms with van der Waals surface area (Å²) in [6.07, 6.45) is 4.65. The molecule has 0 aliphatic carbocycles. The van der Waals surface area contributed by atoms with E-state index in [4.69, 9.17) is 0 Å². The SMILES string of the molecule is CNC(=O)c1cn(CCCc2ccccc2)cc(C(=O)N[C@H](C)c2nc3ccc(C)cc3[nH]2)c1=O. The number of aromatic nitrogens is 3. The molecule has 0 aliphatic heterocycles. The molecule has 0 radical (unpaired) electrons. The highest BCUT2D eigenvalue weighted by atomic mass is 16.2. The predicted octanol–water partition coefficient (Wildman–Crippen LogP) is 3.52. The third-order valence-corrected chi connectivity index (χ3v) is 5.93. The lowest BCUT2D eigenvalue weighted by Crippen LogP contribution is -2.35. The lowest BCUT2D eigenvalue weighted by Gasteiger charge is -2.14. The first-order valence-corrected chi connectivity index (χ1v) is 11.6. The van der Waals surface area contributed by atoms with E-state index in [1.165, 1.54) is 25.0 Å². The van der Waals surface area contributed by atoms with E-state index in [0.717, 1.165) is 29.4 Å². The molecule has 2 amide bonds. The van der Waals surface area contributed by atoms with Crippen LogP contribution in [0.15, 0.2) is 65.7 Å². The topological polar surface area (TPSA) is 109 Å². The van der Waals surface area contributed by atoms with Crippen molar-refractivity contribution in [3.05, 3.63) is 99.2 Å². The summed E-state index contributed by atoms with van der Waals surface area (Å²) < 4.78 is 1.73. The van der Waals surface area contributed by atoms with Crippen molar-refractivity contribution in [1.82, 2.24) is 25.2 Å². The highest BCUT2D eigenvalue weighted by molar-refractivity contribution is 5.99. The van der Waals surface area contributed by atoms with Gasteiger partial charge in [0.2, 0.25) is 5.43 Å². The van der Waals surface area contributed by atoms with Gasteiger partial charge in [-0.05, 0) is 49.9 Å². The summed E-state index contributed by atoms with van der Waals surface area (Å²) in [5.74, 6) is -0.492. The first-order valence-electron chi connectivity index (χ1n) is 11.6. The fraction of sp³-hybridized carbons (Fsp3) is 0.259. The van der Waals surface area contributed by atoms with E-state index in [1.807, 2.05) is 43.3 Å². The summed E-state index contributed by atoms with van der Waals surface area (Å²) in [4.78, 5) is 46.3. The number of pyridine rings is 1. The highest BCUT2D eigenvalue weighted by Gasteiger charge is 2.21. The van der Waals surface area contributed by atoms with Gasteiger partial charge in [-0.1, -0.05) is 36.4 Å². The average Bonchev–Trinajstić information content (AvgIpc) is 3.28. The molecule has 0 saturated carbocycles. The average molecular weight is 472 g/mol. The number of fused-ring (bicyclic) bond motifs is 1. The number of carbonyl (C=O) groups is 2. The maximum atomic E-state index is 13.1. The van der Waals surface area contributed by atoms with Gasteiger partial charge in [0.1, 0.15) is 17.0 Å². The van der Waals surface area contributed by atoms with Gasteiger partial charge < -0.3 is 20.2 Å². The molecule has 2 aromatic carbocycles. The molecule has 4 aromatic rings. The maximum Gasteiger partial charge on any atom is 0.257 e. The Morgan fingerprint density at radius 1 is 1.06 bits per heavy atom. The Morgan fingerprint density at radius 3 is 2.49 bits per heavy atom. The maximum absolute atomic E-state index is 13.1. The minimum Gasteiger partial charge on any atom is -0.355 e. The number of aryl methyl sites for hydroxylation is 3. The number of carbonyl (C=O) groups excluding carboxylic acids is 2. The molecule has 0 unspecified atom stereocenters. The normalized spacial score (nSPS) is 11.9. The Balaban J connectivity index is 1.56. The minimum atomic E-state index is -0.603. The van der Waals surface area contributed by atoms with Crippen molar-refractivity contribution >= 4 is 22.8 Å². The van der Waals surface area contributed by atoms with Gasteiger partial charge in [-0.2, -0.15) is 0 Å². The van der Waals surface area contributed by atoms with Crippen LogP contribution in [-0.2, 0) is 13.0 Å². The number of nitrogens with one attached hydrogen (secondary N) is 3. The van der Waals surface area contributed by atoms with Crippen LogP contribution in [0.3, 0.4) is 0 Å². The lowest BCUT2D eigenvalue weighted by atomic mass is 10.1. The highest BCUT2D eigenvalue weighted by Crippen LogP contribution is 2.17. The van der Waals surface area contributed by atoms with Gasteiger partial charge in [0.25, 0.3) is 11.8 Å². The summed E-state index contributed by atoms with van der Waals surface area (Å²) in [7, 11) is 1.46. The molecule has 1 atom stereocenters. The third-order valence-electron chi connectivity index (χ3n) is 5.93. The van der Waals surface area contributed by atoms with Crippen LogP contribution in [0.1, 0.15) is 57.1 Å². The number of nitrogens with zero attached hydrogens (tertiary/aromatic N) is 2. The van der Waals surface area contributed by atoms with Crippen molar-refractivity contribution in [1.29, 1.82) is 0 Å². The Labute approximate surface area is 203 Å². The van der Waals surface area contributed by atoms with Crippen LogP contribution in [0.4, 0.5) is 0 Å². The number of amides is 2. The molecule has 0 fully saturated rings. The molecule has 0 aliphatic rings. The summed E-state index contributed by atoms with van der Waals surface area (Å²) in [6, 6.07) is 15.5. The zero-order valence-corrected chi connectivity index (χ0v) is 20.1. The number of hydrogen-bond donors (Lipinski definition) is 3. The first kappa shape index (κ1) is 23.9. The van der Waals surface area contributed by atoms with Crippen molar-refractivity contribution in [3.8, 4) is 0 Å². The van der Waals surface area contributed by atoms with Gasteiger partial charge in [-0.3, -0.25) is 14.4 Å². The van der Waals surface area contributed by atoms with Gasteiger partial charge in [-0.25, -0.2) is 4.98 Å². The van der Waals surface area contributed by atoms with Crippen LogP contribution in [-0.4, -0.2) is 33.4 Å². The minimum absolute atomic E-state index is 0.0632. The molecule has 4 rings (SSSR count). The number of rotatable bonds is 8. The summed E-state index contributed by atoms with van der Waals surface area (Å²) in [6.45, 7) is 4.34. The van der Waals surface area contributed by atoms with Crippen LogP contribution in [0.25, 0.3) is 11.0 Å². The van der Waals surface area contributed by atoms with Gasteiger partial charge in [0.15, 0.2) is 0 Å². The standard InChI is InChI=1S/C27H29N5O3/c1-17-11-12-22-23(14-17)31-25(30-22)18(2)29-27(35)21-16-32(15-20(24(21)33)26(34)28-3)13-7-10-19-8-5-4-6-9-19/h4-6,8-9,11-12,14-16,18H,7,10,13H2,1-3H3,(H,28,34)(H,29,35)(H,30,31)/t18-/m1/s1. The van der Waals surface area contributed by atoms with Gasteiger partial charge in [-0.15, -0.1) is 0 Å². The third kappa shape index (κ3) is 5.48. The van der Waals surface area contributed by atoms with Crippen molar-refractivity contribution in [2.75, 3.05) is 7.05 Å². The fourth-order valence-corrected chi connectivity index (χ4v) is 4.02. The second kappa shape index (κ2) is 10.4. The number of H-pyrrole nitrogens is 1. The quantitative estimate of drug-likeness (QED) is 0.365. The number of hydrogen-bond acceptors (Lipinski definition) is 4. The van der Waals surface area contributed by atoms with Crippen LogP contribution < -0.4 is 16.1 Å². The molecule has 3 N–H and O–H groups in total. The van der Waals surface area contributed by atoms with E-state index in [2.05, 4.69) is 32.7 Å². The van der Waals surface area contributed by atoms with Crippen LogP contribution in [0.2, 0.25) is 0 Å². The molecule has 8 heteroatoms. The molecule has 35 heavy (non-hydrogen) atoms. The van der Waals surface area contributed by atoms with Crippen LogP contribution in [0, 0.1) is 6.92 Å². The van der Waals surface area contributed by atoms with E-state index in [-0.39, 0.29) is 11.1 Å². The fourth-order valence-electron chi connectivity index (χ4n) is 4.02. The van der Waals surface area contributed by atoms with E-state index in [9.17, 15) is 14.4 Å².